The van der Waals surface area contributed by atoms with Gasteiger partial charge in [-0.3, -0.25) is 0 Å². The van der Waals surface area contributed by atoms with Gasteiger partial charge in [-0.15, -0.1) is 0 Å². The van der Waals surface area contributed by atoms with Crippen molar-refractivity contribution in [2.75, 3.05) is 32.1 Å². The summed E-state index contributed by atoms with van der Waals surface area (Å²) < 4.78 is 0. The molecular formula is C17H30N2. The second-order valence-electron chi connectivity index (χ2n) is 6.59. The van der Waals surface area contributed by atoms with Crippen LogP contribution in [-0.2, 0) is 5.41 Å². The van der Waals surface area contributed by atoms with Gasteiger partial charge < -0.3 is 10.2 Å². The van der Waals surface area contributed by atoms with Gasteiger partial charge in [0, 0.05) is 19.3 Å². The first-order valence-corrected chi connectivity index (χ1v) is 7.25. The van der Waals surface area contributed by atoms with Crippen molar-refractivity contribution in [2.24, 2.45) is 0 Å². The number of rotatable bonds is 5. The molecule has 0 aliphatic rings. The van der Waals surface area contributed by atoms with Crippen LogP contribution in [0.1, 0.15) is 43.9 Å². The van der Waals surface area contributed by atoms with Gasteiger partial charge in [-0.05, 0) is 56.0 Å². The molecule has 0 radical (unpaired) electrons. The monoisotopic (exact) mass is 262 g/mol. The van der Waals surface area contributed by atoms with Crippen molar-refractivity contribution in [2.45, 2.75) is 46.5 Å². The summed E-state index contributed by atoms with van der Waals surface area (Å²) in [5.74, 6) is 0. The van der Waals surface area contributed by atoms with Crippen molar-refractivity contribution in [3.8, 4) is 0 Å². The molecule has 1 rings (SSSR count). The Bertz CT molecular complexity index is 393. The van der Waals surface area contributed by atoms with Crippen LogP contribution < -0.4 is 10.2 Å². The summed E-state index contributed by atoms with van der Waals surface area (Å²) in [6.07, 6.45) is 1.17. The average Bonchev–Trinajstić information content (AvgIpc) is 2.27. The topological polar surface area (TPSA) is 15.3 Å². The molecule has 1 aromatic carbocycles. The third-order valence-corrected chi connectivity index (χ3v) is 3.66. The lowest BCUT2D eigenvalue weighted by Gasteiger charge is -2.27. The summed E-state index contributed by atoms with van der Waals surface area (Å²) in [6, 6.07) is 4.69. The van der Waals surface area contributed by atoms with Gasteiger partial charge in [0.2, 0.25) is 0 Å². The van der Waals surface area contributed by atoms with Gasteiger partial charge in [0.15, 0.2) is 0 Å². The molecule has 0 bridgehead atoms. The fourth-order valence-corrected chi connectivity index (χ4v) is 2.60. The summed E-state index contributed by atoms with van der Waals surface area (Å²) in [6.45, 7) is 13.4. The highest BCUT2D eigenvalue weighted by molar-refractivity contribution is 5.60. The van der Waals surface area contributed by atoms with Crippen LogP contribution in [0.25, 0.3) is 0 Å². The third kappa shape index (κ3) is 4.24. The van der Waals surface area contributed by atoms with Crippen LogP contribution in [0.3, 0.4) is 0 Å². The van der Waals surface area contributed by atoms with Crippen LogP contribution in [0.4, 0.5) is 5.69 Å². The van der Waals surface area contributed by atoms with Crippen molar-refractivity contribution in [3.63, 3.8) is 0 Å². The van der Waals surface area contributed by atoms with Gasteiger partial charge in [-0.1, -0.05) is 32.9 Å². The first-order valence-electron chi connectivity index (χ1n) is 7.25. The molecule has 0 spiro atoms. The van der Waals surface area contributed by atoms with Crippen LogP contribution in [0.2, 0.25) is 0 Å². The lowest BCUT2D eigenvalue weighted by Crippen LogP contribution is -2.24. The molecule has 1 aromatic rings. The highest BCUT2D eigenvalue weighted by Gasteiger charge is 2.17. The summed E-state index contributed by atoms with van der Waals surface area (Å²) in [4.78, 5) is 2.38. The minimum atomic E-state index is 0.221. The summed E-state index contributed by atoms with van der Waals surface area (Å²) in [5.41, 5.74) is 5.81. The fraction of sp³-hybridized carbons (Fsp3) is 0.647. The highest BCUT2D eigenvalue weighted by atomic mass is 15.1. The number of hydrogen-bond donors (Lipinski definition) is 1. The Morgan fingerprint density at radius 3 is 2.05 bits per heavy atom. The molecule has 0 fully saturated rings. The van der Waals surface area contributed by atoms with Crippen LogP contribution in [0.5, 0.6) is 0 Å². The lowest BCUT2D eigenvalue weighted by atomic mass is 9.84. The zero-order chi connectivity index (χ0) is 14.6. The molecule has 0 aliphatic heterocycles. The summed E-state index contributed by atoms with van der Waals surface area (Å²) in [7, 11) is 4.20. The Morgan fingerprint density at radius 1 is 1.11 bits per heavy atom. The number of nitrogens with one attached hydrogen (secondary N) is 1. The standard InChI is InChI=1S/C17H30N2/c1-13-11-15(17(3,4)5)12-14(2)16(13)19(7)10-8-9-18-6/h11-12,18H,8-10H2,1-7H3. The maximum Gasteiger partial charge on any atom is 0.0423 e. The zero-order valence-corrected chi connectivity index (χ0v) is 13.7. The number of aryl methyl sites for hydroxylation is 2. The molecule has 0 saturated carbocycles. The average molecular weight is 262 g/mol. The SMILES string of the molecule is CNCCCN(C)c1c(C)cc(C(C)(C)C)cc1C. The second kappa shape index (κ2) is 6.42. The van der Waals surface area contributed by atoms with Crippen LogP contribution >= 0.6 is 0 Å². The van der Waals surface area contributed by atoms with E-state index < -0.39 is 0 Å². The van der Waals surface area contributed by atoms with Crippen molar-refractivity contribution in [3.05, 3.63) is 28.8 Å². The van der Waals surface area contributed by atoms with E-state index in [0.29, 0.717) is 0 Å². The first-order chi connectivity index (χ1) is 8.77. The van der Waals surface area contributed by atoms with Gasteiger partial charge in [0.05, 0.1) is 0 Å². The molecule has 0 aliphatic carbocycles. The minimum Gasteiger partial charge on any atom is -0.374 e. The van der Waals surface area contributed by atoms with E-state index >= 15 is 0 Å². The Morgan fingerprint density at radius 2 is 1.63 bits per heavy atom. The minimum absolute atomic E-state index is 0.221. The first kappa shape index (κ1) is 16.0. The normalized spacial score (nSPS) is 11.7. The molecule has 19 heavy (non-hydrogen) atoms. The van der Waals surface area contributed by atoms with Gasteiger partial charge in [0.25, 0.3) is 0 Å². The van der Waals surface area contributed by atoms with Crippen molar-refractivity contribution >= 4 is 5.69 Å². The van der Waals surface area contributed by atoms with E-state index in [4.69, 9.17) is 0 Å². The molecule has 2 nitrogen and oxygen atoms in total. The molecule has 0 amide bonds. The van der Waals surface area contributed by atoms with Gasteiger partial charge in [-0.25, -0.2) is 0 Å². The van der Waals surface area contributed by atoms with Crippen molar-refractivity contribution < 1.29 is 0 Å². The van der Waals surface area contributed by atoms with E-state index in [1.54, 1.807) is 0 Å². The molecular weight excluding hydrogens is 232 g/mol. The number of anilines is 1. The molecule has 1 N–H and O–H groups in total. The van der Waals surface area contributed by atoms with E-state index in [9.17, 15) is 0 Å². The molecule has 0 aromatic heterocycles. The van der Waals surface area contributed by atoms with Gasteiger partial charge in [-0.2, -0.15) is 0 Å². The zero-order valence-electron chi connectivity index (χ0n) is 13.7. The third-order valence-electron chi connectivity index (χ3n) is 3.66. The van der Waals surface area contributed by atoms with E-state index in [2.05, 4.69) is 64.0 Å². The molecule has 0 unspecified atom stereocenters. The fourth-order valence-electron chi connectivity index (χ4n) is 2.60. The molecule has 0 atom stereocenters. The van der Waals surface area contributed by atoms with E-state index in [1.165, 1.54) is 28.8 Å². The lowest BCUT2D eigenvalue weighted by molar-refractivity contribution is 0.589. The maximum atomic E-state index is 3.21. The molecule has 108 valence electrons. The van der Waals surface area contributed by atoms with Crippen LogP contribution in [-0.4, -0.2) is 27.2 Å². The highest BCUT2D eigenvalue weighted by Crippen LogP contribution is 2.31. The van der Waals surface area contributed by atoms with Crippen molar-refractivity contribution in [1.29, 1.82) is 0 Å². The van der Waals surface area contributed by atoms with Crippen molar-refractivity contribution in [1.82, 2.24) is 5.32 Å². The molecule has 2 heteroatoms. The quantitative estimate of drug-likeness (QED) is 0.815. The van der Waals surface area contributed by atoms with E-state index in [0.717, 1.165) is 13.1 Å². The number of nitrogens with zero attached hydrogens (tertiary/aromatic N) is 1. The number of hydrogen-bond acceptors (Lipinski definition) is 2. The summed E-state index contributed by atoms with van der Waals surface area (Å²) >= 11 is 0. The maximum absolute atomic E-state index is 3.21. The Labute approximate surface area is 119 Å². The summed E-state index contributed by atoms with van der Waals surface area (Å²) in [5, 5.41) is 3.21. The largest absolute Gasteiger partial charge is 0.374 e. The van der Waals surface area contributed by atoms with Crippen LogP contribution in [0.15, 0.2) is 12.1 Å². The smallest absolute Gasteiger partial charge is 0.0423 e. The van der Waals surface area contributed by atoms with Gasteiger partial charge in [0.1, 0.15) is 0 Å². The van der Waals surface area contributed by atoms with E-state index in [-0.39, 0.29) is 5.41 Å². The number of benzene rings is 1. The molecule has 0 heterocycles. The predicted octanol–water partition coefficient (Wildman–Crippen LogP) is 3.65. The molecule has 0 saturated heterocycles. The Kier molecular flexibility index (Phi) is 5.42. The Balaban J connectivity index is 2.97. The Hall–Kier alpha value is -1.02. The predicted molar refractivity (Wildman–Crippen MR) is 86.4 cm³/mol. The van der Waals surface area contributed by atoms with Gasteiger partial charge >= 0.3 is 0 Å². The van der Waals surface area contributed by atoms with E-state index in [1.807, 2.05) is 7.05 Å². The second-order valence-corrected chi connectivity index (χ2v) is 6.59. The van der Waals surface area contributed by atoms with Crippen LogP contribution in [0, 0.1) is 13.8 Å².